The Kier molecular flexibility index (Phi) is 3.47. The van der Waals surface area contributed by atoms with Gasteiger partial charge in [0.15, 0.2) is 0 Å². The van der Waals surface area contributed by atoms with Gasteiger partial charge in [-0.05, 0) is 24.3 Å². The van der Waals surface area contributed by atoms with Crippen molar-refractivity contribution in [2.75, 3.05) is 0 Å². The molecular formula is C16H12FNS. The lowest BCUT2D eigenvalue weighted by atomic mass is 10.2. The normalized spacial score (nSPS) is 10.8. The summed E-state index contributed by atoms with van der Waals surface area (Å²) in [7, 11) is 0. The van der Waals surface area contributed by atoms with Crippen LogP contribution in [0.25, 0.3) is 10.9 Å². The monoisotopic (exact) mass is 269 g/mol. The van der Waals surface area contributed by atoms with Gasteiger partial charge in [0, 0.05) is 16.0 Å². The predicted octanol–water partition coefficient (Wildman–Crippen LogP) is 4.67. The van der Waals surface area contributed by atoms with Crippen LogP contribution in [0.5, 0.6) is 0 Å². The zero-order valence-corrected chi connectivity index (χ0v) is 11.0. The van der Waals surface area contributed by atoms with E-state index < -0.39 is 0 Å². The van der Waals surface area contributed by atoms with Gasteiger partial charge >= 0.3 is 0 Å². The Hall–Kier alpha value is -1.87. The van der Waals surface area contributed by atoms with Crippen molar-refractivity contribution in [1.82, 2.24) is 4.98 Å². The Balaban J connectivity index is 1.80. The zero-order chi connectivity index (χ0) is 13.1. The number of hydrogen-bond donors (Lipinski definition) is 0. The average Bonchev–Trinajstić information content (AvgIpc) is 2.46. The van der Waals surface area contributed by atoms with Gasteiger partial charge in [0.1, 0.15) is 5.82 Å². The van der Waals surface area contributed by atoms with Gasteiger partial charge in [-0.2, -0.15) is 0 Å². The lowest BCUT2D eigenvalue weighted by Crippen LogP contribution is -1.88. The number of halogens is 1. The summed E-state index contributed by atoms with van der Waals surface area (Å²) in [4.78, 5) is 5.24. The number of para-hydroxylation sites is 1. The molecule has 0 fully saturated rings. The molecule has 0 amide bonds. The summed E-state index contributed by atoms with van der Waals surface area (Å²) in [5.41, 5.74) is 1.95. The van der Waals surface area contributed by atoms with Crippen LogP contribution in [0.2, 0.25) is 0 Å². The lowest BCUT2D eigenvalue weighted by molar-refractivity contribution is 0.602. The third kappa shape index (κ3) is 2.76. The molecule has 2 aromatic carbocycles. The molecule has 0 aliphatic heterocycles. The van der Waals surface area contributed by atoms with E-state index >= 15 is 0 Å². The maximum Gasteiger partial charge on any atom is 0.136 e. The summed E-state index contributed by atoms with van der Waals surface area (Å²) in [6.45, 7) is 0. The van der Waals surface area contributed by atoms with Crippen LogP contribution in [-0.4, -0.2) is 4.98 Å². The van der Waals surface area contributed by atoms with Crippen molar-refractivity contribution >= 4 is 22.7 Å². The van der Waals surface area contributed by atoms with E-state index in [2.05, 4.69) is 11.1 Å². The minimum Gasteiger partial charge on any atom is -0.252 e. The summed E-state index contributed by atoms with van der Waals surface area (Å²) in [5.74, 6) is 0.500. The molecule has 0 atom stereocenters. The summed E-state index contributed by atoms with van der Waals surface area (Å²) in [5, 5.41) is 1.13. The minimum absolute atomic E-state index is 0.173. The minimum atomic E-state index is -0.173. The Morgan fingerprint density at radius 2 is 1.68 bits per heavy atom. The molecule has 0 unspecified atom stereocenters. The van der Waals surface area contributed by atoms with Crippen LogP contribution in [0.15, 0.2) is 65.6 Å². The Labute approximate surface area is 115 Å². The van der Waals surface area contributed by atoms with Crippen LogP contribution in [0.1, 0.15) is 5.69 Å². The fourth-order valence-corrected chi connectivity index (χ4v) is 2.75. The average molecular weight is 269 g/mol. The highest BCUT2D eigenvalue weighted by Gasteiger charge is 2.03. The molecular weight excluding hydrogens is 257 g/mol. The van der Waals surface area contributed by atoms with Crippen molar-refractivity contribution in [3.05, 3.63) is 72.2 Å². The molecule has 0 radical (unpaired) electrons. The molecule has 3 aromatic rings. The number of pyridine rings is 1. The number of benzene rings is 2. The standard InChI is InChI=1S/C16H12FNS/c17-14-6-2-4-8-16(14)19-11-13-10-9-12-5-1-3-7-15(12)18-13/h1-10H,11H2. The van der Waals surface area contributed by atoms with Gasteiger partial charge in [0.2, 0.25) is 0 Å². The number of thioether (sulfide) groups is 1. The quantitative estimate of drug-likeness (QED) is 0.641. The molecule has 1 aromatic heterocycles. The second-order valence-electron chi connectivity index (χ2n) is 4.21. The first-order valence-electron chi connectivity index (χ1n) is 6.05. The number of rotatable bonds is 3. The van der Waals surface area contributed by atoms with Gasteiger partial charge in [0.05, 0.1) is 11.2 Å². The van der Waals surface area contributed by atoms with E-state index in [1.54, 1.807) is 12.1 Å². The van der Waals surface area contributed by atoms with Crippen LogP contribution in [0.3, 0.4) is 0 Å². The predicted molar refractivity (Wildman–Crippen MR) is 77.7 cm³/mol. The molecule has 3 heteroatoms. The molecule has 0 spiro atoms. The number of hydrogen-bond acceptors (Lipinski definition) is 2. The molecule has 94 valence electrons. The number of fused-ring (bicyclic) bond motifs is 1. The van der Waals surface area contributed by atoms with Crippen molar-refractivity contribution in [2.24, 2.45) is 0 Å². The van der Waals surface area contributed by atoms with Crippen LogP contribution >= 0.6 is 11.8 Å². The van der Waals surface area contributed by atoms with Crippen molar-refractivity contribution in [3.63, 3.8) is 0 Å². The SMILES string of the molecule is Fc1ccccc1SCc1ccc2ccccc2n1. The molecule has 0 aliphatic rings. The lowest BCUT2D eigenvalue weighted by Gasteiger charge is -2.04. The number of nitrogens with zero attached hydrogens (tertiary/aromatic N) is 1. The smallest absolute Gasteiger partial charge is 0.136 e. The largest absolute Gasteiger partial charge is 0.252 e. The first-order chi connectivity index (χ1) is 9.33. The van der Waals surface area contributed by atoms with Gasteiger partial charge in [-0.1, -0.05) is 36.4 Å². The van der Waals surface area contributed by atoms with Crippen LogP contribution in [0, 0.1) is 5.82 Å². The van der Waals surface area contributed by atoms with Crippen molar-refractivity contribution in [3.8, 4) is 0 Å². The third-order valence-electron chi connectivity index (χ3n) is 2.87. The zero-order valence-electron chi connectivity index (χ0n) is 10.2. The highest BCUT2D eigenvalue weighted by molar-refractivity contribution is 7.98. The Bertz CT molecular complexity index is 712. The fourth-order valence-electron chi connectivity index (χ4n) is 1.90. The Morgan fingerprint density at radius 1 is 0.895 bits per heavy atom. The molecule has 3 rings (SSSR count). The maximum atomic E-state index is 13.5. The Morgan fingerprint density at radius 3 is 2.58 bits per heavy atom. The fraction of sp³-hybridized carbons (Fsp3) is 0.0625. The van der Waals surface area contributed by atoms with Crippen LogP contribution in [-0.2, 0) is 5.75 Å². The number of aromatic nitrogens is 1. The van der Waals surface area contributed by atoms with Crippen molar-refractivity contribution in [2.45, 2.75) is 10.6 Å². The molecule has 0 bridgehead atoms. The molecule has 1 nitrogen and oxygen atoms in total. The van der Waals surface area contributed by atoms with E-state index in [0.717, 1.165) is 16.6 Å². The van der Waals surface area contributed by atoms with Gasteiger partial charge in [-0.15, -0.1) is 11.8 Å². The maximum absolute atomic E-state index is 13.5. The van der Waals surface area contributed by atoms with Gasteiger partial charge in [0.25, 0.3) is 0 Å². The summed E-state index contributed by atoms with van der Waals surface area (Å²) in [6.07, 6.45) is 0. The summed E-state index contributed by atoms with van der Waals surface area (Å²) >= 11 is 1.47. The van der Waals surface area contributed by atoms with Gasteiger partial charge in [-0.25, -0.2) is 4.39 Å². The van der Waals surface area contributed by atoms with Crippen molar-refractivity contribution < 1.29 is 4.39 Å². The van der Waals surface area contributed by atoms with Crippen LogP contribution < -0.4 is 0 Å². The van der Waals surface area contributed by atoms with E-state index in [1.165, 1.54) is 17.8 Å². The topological polar surface area (TPSA) is 12.9 Å². The second kappa shape index (κ2) is 5.41. The van der Waals surface area contributed by atoms with E-state index in [-0.39, 0.29) is 5.82 Å². The van der Waals surface area contributed by atoms with Crippen molar-refractivity contribution in [1.29, 1.82) is 0 Å². The molecule has 1 heterocycles. The first-order valence-corrected chi connectivity index (χ1v) is 7.03. The molecule has 0 aliphatic carbocycles. The van der Waals surface area contributed by atoms with E-state index in [1.807, 2.05) is 36.4 Å². The summed E-state index contributed by atoms with van der Waals surface area (Å²) in [6, 6.07) is 18.9. The molecule has 0 N–H and O–H groups in total. The van der Waals surface area contributed by atoms with E-state index in [4.69, 9.17) is 0 Å². The molecule has 0 saturated carbocycles. The molecule has 19 heavy (non-hydrogen) atoms. The third-order valence-corrected chi connectivity index (χ3v) is 3.95. The van der Waals surface area contributed by atoms with Crippen LogP contribution in [0.4, 0.5) is 4.39 Å². The van der Waals surface area contributed by atoms with Gasteiger partial charge in [-0.3, -0.25) is 4.98 Å². The highest BCUT2D eigenvalue weighted by atomic mass is 32.2. The van der Waals surface area contributed by atoms with E-state index in [0.29, 0.717) is 10.6 Å². The second-order valence-corrected chi connectivity index (χ2v) is 5.23. The van der Waals surface area contributed by atoms with Gasteiger partial charge < -0.3 is 0 Å². The van der Waals surface area contributed by atoms with E-state index in [9.17, 15) is 4.39 Å². The summed E-state index contributed by atoms with van der Waals surface area (Å²) < 4.78 is 13.5. The molecule has 0 saturated heterocycles. The highest BCUT2D eigenvalue weighted by Crippen LogP contribution is 2.25. The first kappa shape index (κ1) is 12.2.